The predicted molar refractivity (Wildman–Crippen MR) is 117 cm³/mol. The number of fused-ring (bicyclic) bond motifs is 2. The summed E-state index contributed by atoms with van der Waals surface area (Å²) in [5, 5.41) is 0.975. The number of nitrogens with zero attached hydrogens (tertiary/aromatic N) is 5. The summed E-state index contributed by atoms with van der Waals surface area (Å²) in [5.41, 5.74) is 2.07. The Morgan fingerprint density at radius 2 is 1.78 bits per heavy atom. The van der Waals surface area contributed by atoms with Gasteiger partial charge in [0.15, 0.2) is 0 Å². The number of pyridine rings is 2. The van der Waals surface area contributed by atoms with E-state index < -0.39 is 6.04 Å². The number of carbonyl (C=O) groups is 3. The van der Waals surface area contributed by atoms with Crippen molar-refractivity contribution >= 4 is 28.6 Å². The second-order valence-electron chi connectivity index (χ2n) is 8.12. The van der Waals surface area contributed by atoms with Gasteiger partial charge in [0.2, 0.25) is 11.8 Å². The van der Waals surface area contributed by atoms with Crippen molar-refractivity contribution < 1.29 is 14.4 Å². The van der Waals surface area contributed by atoms with Crippen molar-refractivity contribution in [2.45, 2.75) is 19.0 Å². The number of aromatic nitrogens is 2. The van der Waals surface area contributed by atoms with Crippen molar-refractivity contribution in [2.75, 3.05) is 26.2 Å². The number of rotatable bonds is 3. The second kappa shape index (κ2) is 8.37. The van der Waals surface area contributed by atoms with E-state index in [1.807, 2.05) is 42.5 Å². The van der Waals surface area contributed by atoms with Crippen LogP contribution in [0.3, 0.4) is 0 Å². The van der Waals surface area contributed by atoms with Gasteiger partial charge in [-0.25, -0.2) is 4.98 Å². The summed E-state index contributed by atoms with van der Waals surface area (Å²) in [6, 6.07) is 14.4. The van der Waals surface area contributed by atoms with Crippen molar-refractivity contribution in [3.63, 3.8) is 0 Å². The van der Waals surface area contributed by atoms with Crippen LogP contribution in [0.1, 0.15) is 22.5 Å². The third-order valence-corrected chi connectivity index (χ3v) is 6.13. The lowest BCUT2D eigenvalue weighted by molar-refractivity contribution is -0.156. The molecular weight excluding hydrogens is 406 g/mol. The van der Waals surface area contributed by atoms with Gasteiger partial charge in [-0.3, -0.25) is 19.4 Å². The SMILES string of the molecule is O=C(c1ccc2ccccc2n1)N1CCC2C(=O)N(Cc3ccncc3)CC(=O)N2CC1. The molecule has 0 radical (unpaired) electrons. The lowest BCUT2D eigenvalue weighted by Crippen LogP contribution is -2.59. The Bertz CT molecular complexity index is 1180. The van der Waals surface area contributed by atoms with E-state index in [9.17, 15) is 14.4 Å². The van der Waals surface area contributed by atoms with Crippen LogP contribution in [0.15, 0.2) is 60.9 Å². The van der Waals surface area contributed by atoms with Gasteiger partial charge < -0.3 is 14.7 Å². The van der Waals surface area contributed by atoms with Gasteiger partial charge in [-0.15, -0.1) is 0 Å². The van der Waals surface area contributed by atoms with Crippen molar-refractivity contribution in [1.29, 1.82) is 0 Å². The number of piperazine rings is 1. The number of amides is 3. The maximum atomic E-state index is 13.2. The first kappa shape index (κ1) is 20.1. The largest absolute Gasteiger partial charge is 0.335 e. The molecule has 2 saturated heterocycles. The zero-order valence-electron chi connectivity index (χ0n) is 17.6. The standard InChI is InChI=1S/C24H23N5O3/c30-22-16-28(15-17-7-10-25-11-8-17)24(32)21-9-12-27(13-14-29(21)22)23(31)20-6-5-18-3-1-2-4-19(18)26-20/h1-8,10-11,21H,9,12-16H2. The molecule has 4 heterocycles. The highest BCUT2D eigenvalue weighted by atomic mass is 16.2. The number of hydrogen-bond acceptors (Lipinski definition) is 5. The van der Waals surface area contributed by atoms with Crippen LogP contribution in [0.5, 0.6) is 0 Å². The topological polar surface area (TPSA) is 86.7 Å². The van der Waals surface area contributed by atoms with Crippen LogP contribution in [0.25, 0.3) is 10.9 Å². The third kappa shape index (κ3) is 3.79. The van der Waals surface area contributed by atoms with Crippen LogP contribution < -0.4 is 0 Å². The fourth-order valence-electron chi connectivity index (χ4n) is 4.42. The Labute approximate surface area is 185 Å². The van der Waals surface area contributed by atoms with Crippen LogP contribution in [0.2, 0.25) is 0 Å². The van der Waals surface area contributed by atoms with Gasteiger partial charge in [-0.05, 0) is 36.2 Å². The van der Waals surface area contributed by atoms with Crippen molar-refractivity contribution in [2.24, 2.45) is 0 Å². The quantitative estimate of drug-likeness (QED) is 0.633. The number of benzene rings is 1. The second-order valence-corrected chi connectivity index (χ2v) is 8.12. The Hall–Kier alpha value is -3.81. The number of hydrogen-bond donors (Lipinski definition) is 0. The zero-order chi connectivity index (χ0) is 22.1. The highest BCUT2D eigenvalue weighted by Gasteiger charge is 2.41. The molecule has 0 bridgehead atoms. The lowest BCUT2D eigenvalue weighted by atomic mass is 10.1. The Balaban J connectivity index is 1.31. The Kier molecular flexibility index (Phi) is 5.26. The minimum atomic E-state index is -0.541. The van der Waals surface area contributed by atoms with Crippen LogP contribution in [0.4, 0.5) is 0 Å². The molecular formula is C24H23N5O3. The van der Waals surface area contributed by atoms with E-state index in [1.165, 1.54) is 0 Å². The predicted octanol–water partition coefficient (Wildman–Crippen LogP) is 1.72. The highest BCUT2D eigenvalue weighted by molar-refractivity contribution is 5.96. The molecule has 0 saturated carbocycles. The summed E-state index contributed by atoms with van der Waals surface area (Å²) in [6.07, 6.45) is 3.76. The molecule has 2 aromatic heterocycles. The summed E-state index contributed by atoms with van der Waals surface area (Å²) >= 11 is 0. The van der Waals surface area contributed by atoms with Crippen molar-refractivity contribution in [3.05, 3.63) is 72.2 Å². The fourth-order valence-corrected chi connectivity index (χ4v) is 4.42. The van der Waals surface area contributed by atoms with Crippen LogP contribution >= 0.6 is 0 Å². The van der Waals surface area contributed by atoms with E-state index in [4.69, 9.17) is 0 Å². The van der Waals surface area contributed by atoms with Crippen molar-refractivity contribution in [1.82, 2.24) is 24.7 Å². The van der Waals surface area contributed by atoms with E-state index in [0.29, 0.717) is 38.3 Å². The first-order valence-corrected chi connectivity index (χ1v) is 10.7. The van der Waals surface area contributed by atoms with Gasteiger partial charge >= 0.3 is 0 Å². The molecule has 1 unspecified atom stereocenters. The minimum Gasteiger partial charge on any atom is -0.335 e. The third-order valence-electron chi connectivity index (χ3n) is 6.13. The first-order chi connectivity index (χ1) is 15.6. The summed E-state index contributed by atoms with van der Waals surface area (Å²) in [4.78, 5) is 52.5. The van der Waals surface area contributed by atoms with Gasteiger partial charge in [0.1, 0.15) is 18.3 Å². The maximum Gasteiger partial charge on any atom is 0.272 e. The summed E-state index contributed by atoms with van der Waals surface area (Å²) in [7, 11) is 0. The lowest BCUT2D eigenvalue weighted by Gasteiger charge is -2.39. The highest BCUT2D eigenvalue weighted by Crippen LogP contribution is 2.22. The molecule has 2 aliphatic heterocycles. The molecule has 5 rings (SSSR count). The molecule has 0 spiro atoms. The first-order valence-electron chi connectivity index (χ1n) is 10.7. The van der Waals surface area contributed by atoms with E-state index >= 15 is 0 Å². The summed E-state index contributed by atoms with van der Waals surface area (Å²) in [5.74, 6) is -0.328. The molecule has 0 N–H and O–H groups in total. The van der Waals surface area contributed by atoms with Gasteiger partial charge in [-0.2, -0.15) is 0 Å². The van der Waals surface area contributed by atoms with E-state index in [0.717, 1.165) is 16.5 Å². The van der Waals surface area contributed by atoms with Crippen LogP contribution in [-0.4, -0.2) is 74.6 Å². The molecule has 3 amide bonds. The minimum absolute atomic E-state index is 0.0534. The smallest absolute Gasteiger partial charge is 0.272 e. The molecule has 3 aromatic rings. The fraction of sp³-hybridized carbons (Fsp3) is 0.292. The zero-order valence-corrected chi connectivity index (χ0v) is 17.6. The normalized spacial score (nSPS) is 19.1. The Morgan fingerprint density at radius 1 is 0.969 bits per heavy atom. The van der Waals surface area contributed by atoms with E-state index in [2.05, 4.69) is 9.97 Å². The molecule has 1 atom stereocenters. The van der Waals surface area contributed by atoms with Gasteiger partial charge in [-0.1, -0.05) is 24.3 Å². The molecule has 0 aliphatic carbocycles. The van der Waals surface area contributed by atoms with E-state index in [1.54, 1.807) is 33.2 Å². The average Bonchev–Trinajstić information content (AvgIpc) is 3.06. The van der Waals surface area contributed by atoms with Gasteiger partial charge in [0.25, 0.3) is 5.91 Å². The molecule has 162 valence electrons. The number of carbonyl (C=O) groups excluding carboxylic acids is 3. The number of para-hydroxylation sites is 1. The van der Waals surface area contributed by atoms with Gasteiger partial charge in [0.05, 0.1) is 5.52 Å². The molecule has 32 heavy (non-hydrogen) atoms. The maximum absolute atomic E-state index is 13.2. The molecule has 2 aliphatic rings. The monoisotopic (exact) mass is 429 g/mol. The Morgan fingerprint density at radius 3 is 2.62 bits per heavy atom. The van der Waals surface area contributed by atoms with Crippen LogP contribution in [0, 0.1) is 0 Å². The average molecular weight is 429 g/mol. The molecule has 2 fully saturated rings. The summed E-state index contributed by atoms with van der Waals surface area (Å²) < 4.78 is 0. The van der Waals surface area contributed by atoms with E-state index in [-0.39, 0.29) is 24.3 Å². The van der Waals surface area contributed by atoms with Crippen LogP contribution in [-0.2, 0) is 16.1 Å². The summed E-state index contributed by atoms with van der Waals surface area (Å²) in [6.45, 7) is 1.56. The molecule has 8 nitrogen and oxygen atoms in total. The van der Waals surface area contributed by atoms with Crippen molar-refractivity contribution in [3.8, 4) is 0 Å². The van der Waals surface area contributed by atoms with Gasteiger partial charge in [0, 0.05) is 44.0 Å². The molecule has 1 aromatic carbocycles. The molecule has 8 heteroatoms.